The van der Waals surface area contributed by atoms with Gasteiger partial charge in [0.05, 0.1) is 6.10 Å². The molecule has 3 rings (SSSR count). The number of hydrogen-bond donors (Lipinski definition) is 2. The quantitative estimate of drug-likeness (QED) is 0.673. The lowest BCUT2D eigenvalue weighted by molar-refractivity contribution is -0.132. The Morgan fingerprint density at radius 1 is 1.07 bits per heavy atom. The molecule has 0 aliphatic carbocycles. The Hall–Kier alpha value is 0.180. The summed E-state index contributed by atoms with van der Waals surface area (Å²) in [7, 11) is 2.19. The highest BCUT2D eigenvalue weighted by Gasteiger charge is 2.40. The van der Waals surface area contributed by atoms with Crippen LogP contribution in [-0.2, 0) is 9.53 Å². The smallest absolute Gasteiger partial charge is 0.249 e. The van der Waals surface area contributed by atoms with Gasteiger partial charge >= 0.3 is 0 Å². The van der Waals surface area contributed by atoms with E-state index < -0.39 is 0 Å². The molecule has 0 spiro atoms. The molecule has 3 aliphatic rings. The molecule has 162 valence electrons. The molecule has 6 nitrogen and oxygen atoms in total. The van der Waals surface area contributed by atoms with Crippen molar-refractivity contribution in [3.05, 3.63) is 0 Å². The van der Waals surface area contributed by atoms with Crippen LogP contribution in [0.2, 0.25) is 0 Å². The van der Waals surface area contributed by atoms with E-state index in [1.54, 1.807) is 0 Å². The molecule has 1 amide bonds. The molecule has 3 fully saturated rings. The number of nitrogens with two attached hydrogens (primary N) is 1. The first-order valence-corrected chi connectivity index (χ1v) is 9.70. The number of nitrogens with one attached hydrogen (secondary N) is 1. The molecule has 0 bridgehead atoms. The zero-order chi connectivity index (χ0) is 17.0. The summed E-state index contributed by atoms with van der Waals surface area (Å²) in [4.78, 5) is 17.6. The van der Waals surface area contributed by atoms with E-state index in [1.165, 1.54) is 32.4 Å². The summed E-state index contributed by atoms with van der Waals surface area (Å²) in [5.74, 6) is 0.0567. The maximum absolute atomic E-state index is 12.5. The number of nitrogens with zero attached hydrogens (tertiary/aromatic N) is 2. The average Bonchev–Trinajstić information content (AvgIpc) is 3.11. The van der Waals surface area contributed by atoms with Gasteiger partial charge in [0.2, 0.25) is 5.91 Å². The van der Waals surface area contributed by atoms with Gasteiger partial charge in [-0.15, -0.1) is 37.2 Å². The molecule has 3 aliphatic heterocycles. The van der Waals surface area contributed by atoms with Gasteiger partial charge in [0, 0.05) is 18.6 Å². The molecule has 3 saturated heterocycles. The second-order valence-electron chi connectivity index (χ2n) is 7.85. The summed E-state index contributed by atoms with van der Waals surface area (Å²) in [5.41, 5.74) is 5.78. The maximum atomic E-state index is 12.5. The van der Waals surface area contributed by atoms with Crippen molar-refractivity contribution >= 4 is 43.1 Å². The third-order valence-corrected chi connectivity index (χ3v) is 6.20. The van der Waals surface area contributed by atoms with E-state index in [-0.39, 0.29) is 60.9 Å². The molecule has 3 heterocycles. The number of carbonyl (C=O) groups excluding carboxylic acids is 1. The topological polar surface area (TPSA) is 70.8 Å². The number of amides is 1. The van der Waals surface area contributed by atoms with Gasteiger partial charge in [-0.3, -0.25) is 9.69 Å². The van der Waals surface area contributed by atoms with Crippen LogP contribution in [0.15, 0.2) is 0 Å². The summed E-state index contributed by atoms with van der Waals surface area (Å²) >= 11 is 0. The minimum absolute atomic E-state index is 0. The lowest BCUT2D eigenvalue weighted by atomic mass is 9.84. The first-order chi connectivity index (χ1) is 11.6. The normalized spacial score (nSPS) is 28.4. The lowest BCUT2D eigenvalue weighted by Gasteiger charge is -2.50. The highest BCUT2D eigenvalue weighted by atomic mass is 35.5. The summed E-state index contributed by atoms with van der Waals surface area (Å²) in [6.07, 6.45) is 7.65. The van der Waals surface area contributed by atoms with Gasteiger partial charge in [-0.1, -0.05) is 6.42 Å². The highest BCUT2D eigenvalue weighted by Crippen LogP contribution is 2.31. The van der Waals surface area contributed by atoms with Gasteiger partial charge in [-0.2, -0.15) is 0 Å². The molecule has 3 N–H and O–H groups in total. The van der Waals surface area contributed by atoms with Crippen LogP contribution in [-0.4, -0.2) is 79.8 Å². The third-order valence-electron chi connectivity index (χ3n) is 6.20. The number of ether oxygens (including phenoxy) is 1. The van der Waals surface area contributed by atoms with Crippen LogP contribution in [0.5, 0.6) is 0 Å². The number of likely N-dealkylation sites (tertiary alicyclic amines) is 2. The van der Waals surface area contributed by atoms with Crippen LogP contribution >= 0.6 is 37.2 Å². The zero-order valence-corrected chi connectivity index (χ0v) is 18.8. The van der Waals surface area contributed by atoms with Crippen molar-refractivity contribution in [3.63, 3.8) is 0 Å². The number of halogens is 3. The van der Waals surface area contributed by atoms with Crippen molar-refractivity contribution < 1.29 is 9.53 Å². The van der Waals surface area contributed by atoms with Gasteiger partial charge in [-0.25, -0.2) is 0 Å². The predicted octanol–water partition coefficient (Wildman–Crippen LogP) is 1.82. The highest BCUT2D eigenvalue weighted by molar-refractivity contribution is 5.86. The van der Waals surface area contributed by atoms with E-state index in [0.717, 1.165) is 45.3 Å². The van der Waals surface area contributed by atoms with Gasteiger partial charge in [0.15, 0.2) is 0 Å². The van der Waals surface area contributed by atoms with Crippen LogP contribution in [0.1, 0.15) is 44.9 Å². The molecule has 2 atom stereocenters. The SMILES string of the molecule is CN1CCC(CNC(=O)[C@@H]2CC[C@H](CN)O2)(N2CCCCC2)CC1.Cl.Cl.Cl. The van der Waals surface area contributed by atoms with Crippen LogP contribution in [0.3, 0.4) is 0 Å². The van der Waals surface area contributed by atoms with Gasteiger partial charge in [-0.05, 0) is 71.8 Å². The van der Waals surface area contributed by atoms with Crippen molar-refractivity contribution in [2.24, 2.45) is 5.73 Å². The number of piperidine rings is 2. The van der Waals surface area contributed by atoms with Crippen LogP contribution in [0.25, 0.3) is 0 Å². The summed E-state index contributed by atoms with van der Waals surface area (Å²) < 4.78 is 5.75. The average molecular weight is 448 g/mol. The van der Waals surface area contributed by atoms with Crippen molar-refractivity contribution in [3.8, 4) is 0 Å². The van der Waals surface area contributed by atoms with Crippen LogP contribution < -0.4 is 11.1 Å². The molecular formula is C18H37Cl3N4O2. The molecule has 0 aromatic carbocycles. The monoisotopic (exact) mass is 446 g/mol. The first kappa shape index (κ1) is 27.2. The minimum Gasteiger partial charge on any atom is -0.364 e. The maximum Gasteiger partial charge on any atom is 0.249 e. The van der Waals surface area contributed by atoms with E-state index in [4.69, 9.17) is 10.5 Å². The number of hydrogen-bond acceptors (Lipinski definition) is 5. The zero-order valence-electron chi connectivity index (χ0n) is 16.4. The fourth-order valence-corrected chi connectivity index (χ4v) is 4.45. The van der Waals surface area contributed by atoms with E-state index in [2.05, 4.69) is 22.2 Å². The van der Waals surface area contributed by atoms with E-state index in [9.17, 15) is 4.79 Å². The summed E-state index contributed by atoms with van der Waals surface area (Å²) in [5, 5.41) is 3.23. The summed E-state index contributed by atoms with van der Waals surface area (Å²) in [6.45, 7) is 5.84. The Morgan fingerprint density at radius 2 is 1.70 bits per heavy atom. The van der Waals surface area contributed by atoms with E-state index in [0.29, 0.717) is 6.54 Å². The molecule has 0 aromatic heterocycles. The molecule has 0 saturated carbocycles. The van der Waals surface area contributed by atoms with Crippen molar-refractivity contribution in [2.75, 3.05) is 46.3 Å². The number of rotatable bonds is 5. The van der Waals surface area contributed by atoms with Crippen LogP contribution in [0, 0.1) is 0 Å². The second-order valence-corrected chi connectivity index (χ2v) is 7.85. The first-order valence-electron chi connectivity index (χ1n) is 9.70. The van der Waals surface area contributed by atoms with Gasteiger partial charge in [0.25, 0.3) is 0 Å². The van der Waals surface area contributed by atoms with Crippen molar-refractivity contribution in [2.45, 2.75) is 62.7 Å². The standard InChI is InChI=1S/C18H34N4O2.3ClH/c1-21-11-7-18(8-12-21,22-9-3-2-4-10-22)14-20-17(23)16-6-5-15(13-19)24-16;;;/h15-16H,2-14,19H2,1H3,(H,20,23);3*1H/t15-,16+;;;/m1.../s1. The fourth-order valence-electron chi connectivity index (χ4n) is 4.45. The predicted molar refractivity (Wildman–Crippen MR) is 117 cm³/mol. The Bertz CT molecular complexity index is 431. The molecule has 0 aromatic rings. The molecular weight excluding hydrogens is 411 g/mol. The molecule has 27 heavy (non-hydrogen) atoms. The molecule has 0 unspecified atom stereocenters. The van der Waals surface area contributed by atoms with Crippen molar-refractivity contribution in [1.29, 1.82) is 0 Å². The van der Waals surface area contributed by atoms with Gasteiger partial charge in [0.1, 0.15) is 6.10 Å². The second kappa shape index (κ2) is 12.7. The lowest BCUT2D eigenvalue weighted by Crippen LogP contribution is -2.61. The Balaban J connectivity index is 0.00000225. The van der Waals surface area contributed by atoms with E-state index in [1.807, 2.05) is 0 Å². The van der Waals surface area contributed by atoms with Crippen LogP contribution in [0.4, 0.5) is 0 Å². The van der Waals surface area contributed by atoms with E-state index >= 15 is 0 Å². The summed E-state index contributed by atoms with van der Waals surface area (Å²) in [6, 6.07) is 0. The largest absolute Gasteiger partial charge is 0.364 e. The Kier molecular flexibility index (Phi) is 12.8. The van der Waals surface area contributed by atoms with Crippen molar-refractivity contribution in [1.82, 2.24) is 15.1 Å². The molecule has 9 heteroatoms. The molecule has 0 radical (unpaired) electrons. The third kappa shape index (κ3) is 6.88. The van der Waals surface area contributed by atoms with Gasteiger partial charge < -0.3 is 20.7 Å². The minimum atomic E-state index is -0.303. The Morgan fingerprint density at radius 3 is 2.26 bits per heavy atom. The number of carbonyl (C=O) groups is 1. The Labute approximate surface area is 182 Å². The fraction of sp³-hybridized carbons (Fsp3) is 0.944.